The second kappa shape index (κ2) is 8.73. The van der Waals surface area contributed by atoms with Gasteiger partial charge in [0, 0.05) is 13.0 Å². The zero-order valence-corrected chi connectivity index (χ0v) is 16.5. The topological polar surface area (TPSA) is 107 Å². The molecule has 2 aliphatic rings. The van der Waals surface area contributed by atoms with Crippen molar-refractivity contribution in [2.45, 2.75) is 12.5 Å². The molecular weight excluding hydrogens is 388 g/mol. The summed E-state index contributed by atoms with van der Waals surface area (Å²) in [6.07, 6.45) is 2.06. The number of benzene rings is 1. The molecule has 1 amide bonds. The number of rotatable bonds is 7. The molecule has 0 aliphatic carbocycles. The van der Waals surface area contributed by atoms with Crippen LogP contribution in [0.2, 0.25) is 0 Å². The van der Waals surface area contributed by atoms with Crippen LogP contribution in [-0.4, -0.2) is 61.1 Å². The van der Waals surface area contributed by atoms with E-state index in [1.165, 1.54) is 34.3 Å². The molecule has 0 bridgehead atoms. The highest BCUT2D eigenvalue weighted by Gasteiger charge is 2.44. The van der Waals surface area contributed by atoms with Gasteiger partial charge in [-0.1, -0.05) is 24.3 Å². The average Bonchev–Trinajstić information content (AvgIpc) is 3.37. The molecule has 1 atom stereocenters. The fourth-order valence-corrected chi connectivity index (χ4v) is 4.10. The molecule has 158 valence electrons. The SMILES string of the molecule is O=C(C1=C(O)C(=O)N(CCC[NH+]2CCOCC2)C1c1cccc([O-])c1)c1ccco1. The van der Waals surface area contributed by atoms with Crippen LogP contribution in [0.25, 0.3) is 0 Å². The molecular formula is C22H24N2O6. The Hall–Kier alpha value is -3.10. The molecule has 2 aromatic rings. The van der Waals surface area contributed by atoms with Crippen molar-refractivity contribution in [1.82, 2.24) is 4.90 Å². The summed E-state index contributed by atoms with van der Waals surface area (Å²) >= 11 is 0. The van der Waals surface area contributed by atoms with Gasteiger partial charge in [-0.05, 0) is 17.7 Å². The molecule has 0 radical (unpaired) electrons. The van der Waals surface area contributed by atoms with Crippen molar-refractivity contribution >= 4 is 11.7 Å². The maximum Gasteiger partial charge on any atom is 0.290 e. The van der Waals surface area contributed by atoms with Gasteiger partial charge in [-0.15, -0.1) is 5.75 Å². The fraction of sp³-hybridized carbons (Fsp3) is 0.364. The molecule has 1 unspecified atom stereocenters. The molecule has 2 aliphatic heterocycles. The summed E-state index contributed by atoms with van der Waals surface area (Å²) in [5, 5.41) is 22.5. The molecule has 1 saturated heterocycles. The number of aliphatic hydroxyl groups is 1. The molecule has 2 N–H and O–H groups in total. The molecule has 4 rings (SSSR count). The highest BCUT2D eigenvalue weighted by atomic mass is 16.5. The lowest BCUT2D eigenvalue weighted by Gasteiger charge is -2.29. The van der Waals surface area contributed by atoms with E-state index in [1.807, 2.05) is 0 Å². The number of ether oxygens (including phenoxy) is 1. The van der Waals surface area contributed by atoms with Crippen molar-refractivity contribution in [3.63, 3.8) is 0 Å². The normalized spacial score (nSPS) is 20.2. The van der Waals surface area contributed by atoms with Crippen molar-refractivity contribution < 1.29 is 33.9 Å². The predicted molar refractivity (Wildman–Crippen MR) is 104 cm³/mol. The van der Waals surface area contributed by atoms with Crippen molar-refractivity contribution in [3.05, 3.63) is 65.3 Å². The summed E-state index contributed by atoms with van der Waals surface area (Å²) in [5.74, 6) is -1.95. The van der Waals surface area contributed by atoms with E-state index in [-0.39, 0.29) is 17.1 Å². The lowest BCUT2D eigenvalue weighted by atomic mass is 9.95. The van der Waals surface area contributed by atoms with Gasteiger partial charge >= 0.3 is 0 Å². The summed E-state index contributed by atoms with van der Waals surface area (Å²) in [6, 6.07) is 8.30. The Labute approximate surface area is 174 Å². The number of morpholine rings is 1. The molecule has 30 heavy (non-hydrogen) atoms. The Morgan fingerprint density at radius 1 is 1.23 bits per heavy atom. The van der Waals surface area contributed by atoms with Crippen molar-refractivity contribution in [2.75, 3.05) is 39.4 Å². The number of carbonyl (C=O) groups excluding carboxylic acids is 2. The summed E-state index contributed by atoms with van der Waals surface area (Å²) in [6.45, 7) is 4.49. The van der Waals surface area contributed by atoms with E-state index in [4.69, 9.17) is 9.15 Å². The summed E-state index contributed by atoms with van der Waals surface area (Å²) in [5.41, 5.74) is 0.438. The lowest BCUT2D eigenvalue weighted by Crippen LogP contribution is -3.14. The van der Waals surface area contributed by atoms with E-state index in [9.17, 15) is 19.8 Å². The minimum Gasteiger partial charge on any atom is -0.872 e. The first-order valence-corrected chi connectivity index (χ1v) is 10.1. The smallest absolute Gasteiger partial charge is 0.290 e. The Morgan fingerprint density at radius 3 is 2.73 bits per heavy atom. The van der Waals surface area contributed by atoms with Gasteiger partial charge in [0.2, 0.25) is 5.78 Å². The van der Waals surface area contributed by atoms with E-state index >= 15 is 0 Å². The standard InChI is InChI=1S/C22H24N2O6/c25-16-5-1-4-15(14-16)19-18(20(26)17-6-2-11-30-17)21(27)22(28)24(19)8-3-7-23-9-12-29-13-10-23/h1-2,4-6,11,14,19,25,27H,3,7-10,12-13H2. The maximum atomic E-state index is 13.0. The van der Waals surface area contributed by atoms with Gasteiger partial charge in [0.15, 0.2) is 11.5 Å². The fourth-order valence-electron chi connectivity index (χ4n) is 4.10. The third-order valence-electron chi connectivity index (χ3n) is 5.60. The van der Waals surface area contributed by atoms with Crippen LogP contribution in [0.3, 0.4) is 0 Å². The van der Waals surface area contributed by atoms with E-state index in [1.54, 1.807) is 18.2 Å². The highest BCUT2D eigenvalue weighted by Crippen LogP contribution is 2.39. The maximum absolute atomic E-state index is 13.0. The van der Waals surface area contributed by atoms with Crippen LogP contribution in [0.1, 0.15) is 28.6 Å². The first-order chi connectivity index (χ1) is 14.6. The first-order valence-electron chi connectivity index (χ1n) is 10.1. The summed E-state index contributed by atoms with van der Waals surface area (Å²) < 4.78 is 10.6. The third kappa shape index (κ3) is 3.96. The number of carbonyl (C=O) groups is 2. The Balaban J connectivity index is 1.60. The van der Waals surface area contributed by atoms with Gasteiger partial charge in [0.25, 0.3) is 5.91 Å². The Morgan fingerprint density at radius 2 is 2.03 bits per heavy atom. The van der Waals surface area contributed by atoms with Gasteiger partial charge < -0.3 is 29.2 Å². The van der Waals surface area contributed by atoms with Crippen LogP contribution in [-0.2, 0) is 9.53 Å². The molecule has 8 nitrogen and oxygen atoms in total. The Bertz CT molecular complexity index is 946. The number of furan rings is 1. The number of aliphatic hydroxyl groups excluding tert-OH is 1. The number of hydrogen-bond donors (Lipinski definition) is 2. The number of hydrogen-bond acceptors (Lipinski definition) is 6. The zero-order valence-electron chi connectivity index (χ0n) is 16.5. The second-order valence-corrected chi connectivity index (χ2v) is 7.51. The van der Waals surface area contributed by atoms with E-state index in [2.05, 4.69) is 0 Å². The Kier molecular flexibility index (Phi) is 5.87. The number of amides is 1. The van der Waals surface area contributed by atoms with Crippen LogP contribution in [0.5, 0.6) is 5.75 Å². The minimum absolute atomic E-state index is 0.0345. The van der Waals surface area contributed by atoms with Crippen LogP contribution in [0.15, 0.2) is 58.4 Å². The van der Waals surface area contributed by atoms with Crippen molar-refractivity contribution in [1.29, 1.82) is 0 Å². The van der Waals surface area contributed by atoms with Crippen LogP contribution >= 0.6 is 0 Å². The van der Waals surface area contributed by atoms with Gasteiger partial charge in [-0.25, -0.2) is 0 Å². The number of Topliss-reactive ketones (excluding diaryl/α,β-unsaturated/α-hetero) is 1. The summed E-state index contributed by atoms with van der Waals surface area (Å²) in [7, 11) is 0. The minimum atomic E-state index is -0.830. The van der Waals surface area contributed by atoms with E-state index in [0.29, 0.717) is 18.5 Å². The number of ketones is 1. The molecule has 0 spiro atoms. The van der Waals surface area contributed by atoms with Crippen molar-refractivity contribution in [2.24, 2.45) is 0 Å². The van der Waals surface area contributed by atoms with Crippen molar-refractivity contribution in [3.8, 4) is 5.75 Å². The number of nitrogens with one attached hydrogen (secondary N) is 1. The molecule has 3 heterocycles. The monoisotopic (exact) mass is 412 g/mol. The summed E-state index contributed by atoms with van der Waals surface area (Å²) in [4.78, 5) is 28.8. The van der Waals surface area contributed by atoms with Crippen LogP contribution in [0.4, 0.5) is 0 Å². The van der Waals surface area contributed by atoms with Gasteiger partial charge in [0.05, 0.1) is 37.6 Å². The molecule has 1 aromatic carbocycles. The largest absolute Gasteiger partial charge is 0.872 e. The third-order valence-corrected chi connectivity index (χ3v) is 5.60. The number of quaternary nitrogens is 1. The molecule has 0 saturated carbocycles. The van der Waals surface area contributed by atoms with Gasteiger partial charge in [-0.2, -0.15) is 0 Å². The predicted octanol–water partition coefficient (Wildman–Crippen LogP) is 0.237. The van der Waals surface area contributed by atoms with Gasteiger partial charge in [0.1, 0.15) is 13.1 Å². The average molecular weight is 412 g/mol. The van der Waals surface area contributed by atoms with E-state index < -0.39 is 23.5 Å². The molecule has 1 aromatic heterocycles. The zero-order chi connectivity index (χ0) is 21.1. The van der Waals surface area contributed by atoms with E-state index in [0.717, 1.165) is 32.8 Å². The molecule has 8 heteroatoms. The quantitative estimate of drug-likeness (QED) is 0.631. The first kappa shape index (κ1) is 20.2. The van der Waals surface area contributed by atoms with Gasteiger partial charge in [-0.3, -0.25) is 9.59 Å². The van der Waals surface area contributed by atoms with Crippen LogP contribution in [0, 0.1) is 0 Å². The lowest BCUT2D eigenvalue weighted by molar-refractivity contribution is -0.908. The van der Waals surface area contributed by atoms with Crippen LogP contribution < -0.4 is 10.0 Å². The molecule has 1 fully saturated rings. The second-order valence-electron chi connectivity index (χ2n) is 7.51. The number of nitrogens with zero attached hydrogens (tertiary/aromatic N) is 1. The highest BCUT2D eigenvalue weighted by molar-refractivity contribution is 6.15.